The van der Waals surface area contributed by atoms with Gasteiger partial charge in [-0.1, -0.05) is 6.07 Å². The maximum absolute atomic E-state index is 14.1. The number of ether oxygens (including phenoxy) is 2. The summed E-state index contributed by atoms with van der Waals surface area (Å²) in [6.07, 6.45) is 0. The van der Waals surface area contributed by atoms with Crippen molar-refractivity contribution in [1.82, 2.24) is 4.31 Å². The molecule has 0 aliphatic carbocycles. The minimum atomic E-state index is -4.00. The van der Waals surface area contributed by atoms with Gasteiger partial charge in [-0.05, 0) is 30.3 Å². The van der Waals surface area contributed by atoms with Gasteiger partial charge < -0.3 is 14.8 Å². The first-order valence-electron chi connectivity index (χ1n) is 8.98. The topological polar surface area (TPSA) is 102 Å². The number of morpholine rings is 1. The van der Waals surface area contributed by atoms with E-state index in [0.717, 1.165) is 40.7 Å². The summed E-state index contributed by atoms with van der Waals surface area (Å²) in [4.78, 5) is 23.7. The second-order valence-corrected chi connectivity index (χ2v) is 8.32. The standard InChI is InChI=1S/C19H17F3N2O6S/c20-14-5-4-12(31(27,28)24-6-8-29-9-7-24)10-13(14)19(26)30-11-17(25)23-18-15(21)2-1-3-16(18)22/h1-5,10H,6-9,11H2,(H,23,25). The maximum atomic E-state index is 14.1. The van der Waals surface area contributed by atoms with Gasteiger partial charge in [0.1, 0.15) is 23.1 Å². The lowest BCUT2D eigenvalue weighted by atomic mass is 10.2. The van der Waals surface area contributed by atoms with Crippen LogP contribution in [-0.4, -0.2) is 57.5 Å². The average molecular weight is 458 g/mol. The fourth-order valence-electron chi connectivity index (χ4n) is 2.76. The van der Waals surface area contributed by atoms with E-state index in [4.69, 9.17) is 4.74 Å². The minimum Gasteiger partial charge on any atom is -0.452 e. The molecular formula is C19H17F3N2O6S. The highest BCUT2D eigenvalue weighted by molar-refractivity contribution is 7.89. The number of hydrogen-bond acceptors (Lipinski definition) is 6. The Bertz CT molecular complexity index is 1080. The largest absolute Gasteiger partial charge is 0.452 e. The Morgan fingerprint density at radius 1 is 1.03 bits per heavy atom. The predicted octanol–water partition coefficient (Wildman–Crippen LogP) is 1.92. The Morgan fingerprint density at radius 3 is 2.32 bits per heavy atom. The Balaban J connectivity index is 1.70. The van der Waals surface area contributed by atoms with Gasteiger partial charge in [0.25, 0.3) is 5.91 Å². The number of carbonyl (C=O) groups is 2. The second-order valence-electron chi connectivity index (χ2n) is 6.38. The molecule has 1 N–H and O–H groups in total. The number of nitrogens with zero attached hydrogens (tertiary/aromatic N) is 1. The molecule has 1 saturated heterocycles. The van der Waals surface area contributed by atoms with Crippen molar-refractivity contribution in [1.29, 1.82) is 0 Å². The first kappa shape index (κ1) is 22.7. The number of hydrogen-bond donors (Lipinski definition) is 1. The number of para-hydroxylation sites is 1. The van der Waals surface area contributed by atoms with E-state index in [2.05, 4.69) is 4.74 Å². The molecular weight excluding hydrogens is 441 g/mol. The van der Waals surface area contributed by atoms with Gasteiger partial charge in [-0.15, -0.1) is 0 Å². The molecule has 8 nitrogen and oxygen atoms in total. The molecule has 3 rings (SSSR count). The normalized spacial score (nSPS) is 14.8. The third-order valence-electron chi connectivity index (χ3n) is 4.33. The van der Waals surface area contributed by atoms with Crippen LogP contribution in [0.4, 0.5) is 18.9 Å². The van der Waals surface area contributed by atoms with Crippen LogP contribution in [0.15, 0.2) is 41.3 Å². The highest BCUT2D eigenvalue weighted by Crippen LogP contribution is 2.21. The number of nitrogens with one attached hydrogen (secondary N) is 1. The van der Waals surface area contributed by atoms with Gasteiger partial charge in [0, 0.05) is 13.1 Å². The van der Waals surface area contributed by atoms with Crippen molar-refractivity contribution in [2.24, 2.45) is 0 Å². The van der Waals surface area contributed by atoms with Crippen LogP contribution in [0.25, 0.3) is 0 Å². The number of sulfonamides is 1. The van der Waals surface area contributed by atoms with E-state index in [1.807, 2.05) is 5.32 Å². The van der Waals surface area contributed by atoms with Crippen LogP contribution in [0, 0.1) is 17.5 Å². The quantitative estimate of drug-likeness (QED) is 0.664. The second kappa shape index (κ2) is 9.45. The molecule has 0 unspecified atom stereocenters. The summed E-state index contributed by atoms with van der Waals surface area (Å²) in [5.41, 5.74) is -1.44. The highest BCUT2D eigenvalue weighted by Gasteiger charge is 2.28. The zero-order chi connectivity index (χ0) is 22.6. The summed E-state index contributed by atoms with van der Waals surface area (Å²) in [5, 5.41) is 1.90. The molecule has 1 amide bonds. The van der Waals surface area contributed by atoms with Crippen LogP contribution in [0.3, 0.4) is 0 Å². The third kappa shape index (κ3) is 5.21. The Hall–Kier alpha value is -2.96. The van der Waals surface area contributed by atoms with Crippen molar-refractivity contribution in [2.45, 2.75) is 4.90 Å². The van der Waals surface area contributed by atoms with E-state index >= 15 is 0 Å². The Morgan fingerprint density at radius 2 is 1.68 bits per heavy atom. The van der Waals surface area contributed by atoms with Gasteiger partial charge in [0.05, 0.1) is 23.7 Å². The molecule has 1 heterocycles. The lowest BCUT2D eigenvalue weighted by molar-refractivity contribution is -0.119. The number of benzene rings is 2. The molecule has 1 aliphatic heterocycles. The SMILES string of the molecule is O=C(COC(=O)c1cc(S(=O)(=O)N2CCOCC2)ccc1F)Nc1c(F)cccc1F. The lowest BCUT2D eigenvalue weighted by Gasteiger charge is -2.26. The van der Waals surface area contributed by atoms with Gasteiger partial charge >= 0.3 is 5.97 Å². The van der Waals surface area contributed by atoms with Gasteiger partial charge in [-0.2, -0.15) is 4.31 Å². The zero-order valence-corrected chi connectivity index (χ0v) is 16.8. The Labute approximate surface area is 175 Å². The lowest BCUT2D eigenvalue weighted by Crippen LogP contribution is -2.40. The van der Waals surface area contributed by atoms with Crippen molar-refractivity contribution in [2.75, 3.05) is 38.2 Å². The van der Waals surface area contributed by atoms with Gasteiger partial charge in [0.15, 0.2) is 6.61 Å². The Kier molecular flexibility index (Phi) is 6.93. The molecule has 12 heteroatoms. The molecule has 166 valence electrons. The van der Waals surface area contributed by atoms with Crippen molar-refractivity contribution in [3.8, 4) is 0 Å². The molecule has 0 atom stereocenters. The van der Waals surface area contributed by atoms with E-state index in [1.165, 1.54) is 0 Å². The average Bonchev–Trinajstić information content (AvgIpc) is 2.75. The van der Waals surface area contributed by atoms with Crippen LogP contribution >= 0.6 is 0 Å². The fourth-order valence-corrected chi connectivity index (χ4v) is 4.19. The monoisotopic (exact) mass is 458 g/mol. The molecule has 1 fully saturated rings. The van der Waals surface area contributed by atoms with Crippen LogP contribution in [0.2, 0.25) is 0 Å². The van der Waals surface area contributed by atoms with E-state index in [9.17, 15) is 31.2 Å². The number of esters is 1. The molecule has 2 aromatic rings. The zero-order valence-electron chi connectivity index (χ0n) is 15.9. The van der Waals surface area contributed by atoms with Gasteiger partial charge in [-0.3, -0.25) is 4.79 Å². The van der Waals surface area contributed by atoms with Crippen molar-refractivity contribution < 1.29 is 40.7 Å². The minimum absolute atomic E-state index is 0.103. The predicted molar refractivity (Wildman–Crippen MR) is 101 cm³/mol. The first-order valence-corrected chi connectivity index (χ1v) is 10.4. The number of halogens is 3. The molecule has 0 bridgehead atoms. The highest BCUT2D eigenvalue weighted by atomic mass is 32.2. The van der Waals surface area contributed by atoms with Crippen molar-refractivity contribution >= 4 is 27.6 Å². The summed E-state index contributed by atoms with van der Waals surface area (Å²) >= 11 is 0. The number of rotatable bonds is 6. The smallest absolute Gasteiger partial charge is 0.341 e. The summed E-state index contributed by atoms with van der Waals surface area (Å²) in [6, 6.07) is 5.53. The maximum Gasteiger partial charge on any atom is 0.341 e. The van der Waals surface area contributed by atoms with Crippen LogP contribution < -0.4 is 5.32 Å². The first-order chi connectivity index (χ1) is 14.7. The molecule has 0 spiro atoms. The summed E-state index contributed by atoms with van der Waals surface area (Å²) in [7, 11) is -4.00. The summed E-state index contributed by atoms with van der Waals surface area (Å²) in [5.74, 6) is -5.53. The number of anilines is 1. The summed E-state index contributed by atoms with van der Waals surface area (Å²) in [6.45, 7) is -0.370. The molecule has 0 aromatic heterocycles. The molecule has 1 aliphatic rings. The van der Waals surface area contributed by atoms with Crippen molar-refractivity contribution in [3.63, 3.8) is 0 Å². The van der Waals surface area contributed by atoms with E-state index in [1.54, 1.807) is 0 Å². The molecule has 0 radical (unpaired) electrons. The number of carbonyl (C=O) groups excluding carboxylic acids is 2. The van der Waals surface area contributed by atoms with E-state index < -0.39 is 57.2 Å². The van der Waals surface area contributed by atoms with Crippen LogP contribution in [0.5, 0.6) is 0 Å². The fraction of sp³-hybridized carbons (Fsp3) is 0.263. The third-order valence-corrected chi connectivity index (χ3v) is 6.22. The van der Waals surface area contributed by atoms with E-state index in [0.29, 0.717) is 0 Å². The molecule has 0 saturated carbocycles. The van der Waals surface area contributed by atoms with E-state index in [-0.39, 0.29) is 31.2 Å². The number of amides is 1. The van der Waals surface area contributed by atoms with Crippen molar-refractivity contribution in [3.05, 3.63) is 59.4 Å². The van der Waals surface area contributed by atoms with Crippen LogP contribution in [-0.2, 0) is 24.3 Å². The van der Waals surface area contributed by atoms with Gasteiger partial charge in [0.2, 0.25) is 10.0 Å². The molecule has 31 heavy (non-hydrogen) atoms. The molecule has 2 aromatic carbocycles. The van der Waals surface area contributed by atoms with Gasteiger partial charge in [-0.25, -0.2) is 26.4 Å². The summed E-state index contributed by atoms with van der Waals surface area (Å²) < 4.78 is 77.4. The van der Waals surface area contributed by atoms with Crippen LogP contribution in [0.1, 0.15) is 10.4 Å².